The molecule has 0 saturated heterocycles. The van der Waals surface area contributed by atoms with Gasteiger partial charge in [-0.05, 0) is 10.3 Å². The maximum absolute atomic E-state index is 5.05. The Hall–Kier alpha value is -1.78. The van der Waals surface area contributed by atoms with Gasteiger partial charge in [0, 0.05) is 12.1 Å². The Kier molecular flexibility index (Phi) is 1.33. The van der Waals surface area contributed by atoms with Crippen molar-refractivity contribution in [2.24, 2.45) is 0 Å². The van der Waals surface area contributed by atoms with Crippen LogP contribution in [0.4, 0.5) is 0 Å². The molecule has 0 aromatic carbocycles. The average molecular weight is 152 g/mol. The van der Waals surface area contributed by atoms with Crippen LogP contribution in [0.2, 0.25) is 0 Å². The first-order valence-corrected chi connectivity index (χ1v) is 2.94. The van der Waals surface area contributed by atoms with Crippen molar-refractivity contribution in [3.8, 4) is 11.8 Å². The molecule has 56 valence electrons. The summed E-state index contributed by atoms with van der Waals surface area (Å²) in [5, 5.41) is 7.02. The Labute approximate surface area is 61.5 Å². The van der Waals surface area contributed by atoms with E-state index in [2.05, 4.69) is 19.4 Å². The molecule has 2 aromatic heterocycles. The van der Waals surface area contributed by atoms with Crippen molar-refractivity contribution in [2.45, 2.75) is 0 Å². The highest BCUT2D eigenvalue weighted by molar-refractivity contribution is 5.13. The summed E-state index contributed by atoms with van der Waals surface area (Å²) in [6.07, 6.45) is 2.82. The van der Waals surface area contributed by atoms with E-state index in [1.54, 1.807) is 12.1 Å². The predicted molar refractivity (Wildman–Crippen MR) is 33.1 cm³/mol. The Balaban J connectivity index is 2.14. The molecule has 11 heavy (non-hydrogen) atoms. The van der Waals surface area contributed by atoms with Crippen LogP contribution in [0.3, 0.4) is 0 Å². The van der Waals surface area contributed by atoms with Gasteiger partial charge in [-0.25, -0.2) is 0 Å². The van der Waals surface area contributed by atoms with Crippen LogP contribution in [0.1, 0.15) is 0 Å². The standard InChI is InChI=1S/C6H4N2O3/c1-3-9-7-5(1)11-6-2-4-10-8-6/h1-4H. The van der Waals surface area contributed by atoms with Gasteiger partial charge in [-0.15, -0.1) is 0 Å². The zero-order valence-corrected chi connectivity index (χ0v) is 5.43. The number of hydrogen-bond acceptors (Lipinski definition) is 5. The molecule has 0 aliphatic rings. The van der Waals surface area contributed by atoms with E-state index < -0.39 is 0 Å². The van der Waals surface area contributed by atoms with Gasteiger partial charge in [-0.3, -0.25) is 0 Å². The van der Waals surface area contributed by atoms with Crippen LogP contribution in [0, 0.1) is 0 Å². The molecule has 0 amide bonds. The first-order chi connectivity index (χ1) is 5.45. The first kappa shape index (κ1) is 5.96. The Morgan fingerprint density at radius 2 is 1.55 bits per heavy atom. The normalized spacial score (nSPS) is 9.82. The molecule has 0 aliphatic heterocycles. The number of hydrogen-bond donors (Lipinski definition) is 0. The van der Waals surface area contributed by atoms with E-state index in [-0.39, 0.29) is 0 Å². The minimum Gasteiger partial charge on any atom is -0.414 e. The number of rotatable bonds is 2. The molecule has 2 aromatic rings. The second-order valence-electron chi connectivity index (χ2n) is 1.78. The summed E-state index contributed by atoms with van der Waals surface area (Å²) in [7, 11) is 0. The van der Waals surface area contributed by atoms with Crippen LogP contribution < -0.4 is 4.74 Å². The highest BCUT2D eigenvalue weighted by atomic mass is 16.6. The fraction of sp³-hybridized carbons (Fsp3) is 0. The van der Waals surface area contributed by atoms with Crippen LogP contribution in [0.15, 0.2) is 33.7 Å². The highest BCUT2D eigenvalue weighted by Gasteiger charge is 2.00. The maximum Gasteiger partial charge on any atom is 0.261 e. The van der Waals surface area contributed by atoms with Crippen LogP contribution in [0.5, 0.6) is 11.8 Å². The largest absolute Gasteiger partial charge is 0.414 e. The van der Waals surface area contributed by atoms with Crippen molar-refractivity contribution in [2.75, 3.05) is 0 Å². The summed E-state index contributed by atoms with van der Waals surface area (Å²) in [6.45, 7) is 0. The third-order valence-corrected chi connectivity index (χ3v) is 1.04. The number of aromatic nitrogens is 2. The lowest BCUT2D eigenvalue weighted by molar-refractivity contribution is 0.334. The van der Waals surface area contributed by atoms with Crippen LogP contribution in [-0.2, 0) is 0 Å². The van der Waals surface area contributed by atoms with Crippen molar-refractivity contribution >= 4 is 0 Å². The van der Waals surface area contributed by atoms with Crippen molar-refractivity contribution in [1.29, 1.82) is 0 Å². The first-order valence-electron chi connectivity index (χ1n) is 2.94. The van der Waals surface area contributed by atoms with Gasteiger partial charge < -0.3 is 13.8 Å². The SMILES string of the molecule is c1cc(Oc2ccon2)no1. The van der Waals surface area contributed by atoms with Crippen molar-refractivity contribution in [3.05, 3.63) is 24.7 Å². The lowest BCUT2D eigenvalue weighted by Crippen LogP contribution is -1.81. The van der Waals surface area contributed by atoms with Crippen LogP contribution >= 0.6 is 0 Å². The molecule has 5 heteroatoms. The molecule has 2 heterocycles. The summed E-state index contributed by atoms with van der Waals surface area (Å²) >= 11 is 0. The molecule has 0 radical (unpaired) electrons. The lowest BCUT2D eigenvalue weighted by atomic mass is 10.7. The van der Waals surface area contributed by atoms with Crippen LogP contribution in [0.25, 0.3) is 0 Å². The Morgan fingerprint density at radius 1 is 1.00 bits per heavy atom. The second-order valence-corrected chi connectivity index (χ2v) is 1.78. The maximum atomic E-state index is 5.05. The third kappa shape index (κ3) is 1.21. The molecule has 0 saturated carbocycles. The van der Waals surface area contributed by atoms with E-state index in [0.29, 0.717) is 11.8 Å². The van der Waals surface area contributed by atoms with Gasteiger partial charge in [-0.1, -0.05) is 0 Å². The molecule has 0 spiro atoms. The van der Waals surface area contributed by atoms with Gasteiger partial charge in [0.05, 0.1) is 0 Å². The van der Waals surface area contributed by atoms with E-state index in [0.717, 1.165) is 0 Å². The molecule has 0 fully saturated rings. The molecule has 2 rings (SSSR count). The topological polar surface area (TPSA) is 61.3 Å². The van der Waals surface area contributed by atoms with E-state index >= 15 is 0 Å². The van der Waals surface area contributed by atoms with Crippen LogP contribution in [-0.4, -0.2) is 10.3 Å². The summed E-state index contributed by atoms with van der Waals surface area (Å²) in [4.78, 5) is 0. The van der Waals surface area contributed by atoms with Gasteiger partial charge in [-0.2, -0.15) is 0 Å². The van der Waals surface area contributed by atoms with Gasteiger partial charge in [0.1, 0.15) is 12.5 Å². The fourth-order valence-corrected chi connectivity index (χ4v) is 0.615. The zero-order valence-electron chi connectivity index (χ0n) is 5.43. The number of ether oxygens (including phenoxy) is 1. The molecular formula is C6H4N2O3. The van der Waals surface area contributed by atoms with E-state index in [9.17, 15) is 0 Å². The summed E-state index contributed by atoms with van der Waals surface area (Å²) < 4.78 is 14.1. The Bertz CT molecular complexity index is 268. The predicted octanol–water partition coefficient (Wildman–Crippen LogP) is 1.45. The molecule has 0 atom stereocenters. The zero-order chi connectivity index (χ0) is 7.52. The van der Waals surface area contributed by atoms with Crippen molar-refractivity contribution in [3.63, 3.8) is 0 Å². The van der Waals surface area contributed by atoms with Crippen molar-refractivity contribution < 1.29 is 13.8 Å². The van der Waals surface area contributed by atoms with Gasteiger partial charge in [0.2, 0.25) is 0 Å². The molecule has 0 unspecified atom stereocenters. The third-order valence-electron chi connectivity index (χ3n) is 1.04. The molecular weight excluding hydrogens is 148 g/mol. The van der Waals surface area contributed by atoms with E-state index in [1.165, 1.54) is 12.5 Å². The van der Waals surface area contributed by atoms with Gasteiger partial charge in [0.15, 0.2) is 0 Å². The van der Waals surface area contributed by atoms with Crippen molar-refractivity contribution in [1.82, 2.24) is 10.3 Å². The second kappa shape index (κ2) is 2.45. The van der Waals surface area contributed by atoms with Gasteiger partial charge in [0.25, 0.3) is 11.8 Å². The fourth-order valence-electron chi connectivity index (χ4n) is 0.615. The van der Waals surface area contributed by atoms with E-state index in [1.807, 2.05) is 0 Å². The summed E-state index contributed by atoms with van der Waals surface area (Å²) in [6, 6.07) is 3.16. The molecule has 0 aliphatic carbocycles. The highest BCUT2D eigenvalue weighted by Crippen LogP contribution is 2.15. The lowest BCUT2D eigenvalue weighted by Gasteiger charge is -1.90. The molecule has 0 bridgehead atoms. The quantitative estimate of drug-likeness (QED) is 0.651. The molecule has 5 nitrogen and oxygen atoms in total. The smallest absolute Gasteiger partial charge is 0.261 e. The minimum absolute atomic E-state index is 0.360. The average Bonchev–Trinajstić information content (AvgIpc) is 2.60. The minimum atomic E-state index is 0.360. The van der Waals surface area contributed by atoms with Gasteiger partial charge >= 0.3 is 0 Å². The molecule has 0 N–H and O–H groups in total. The monoisotopic (exact) mass is 152 g/mol. The number of nitrogens with zero attached hydrogens (tertiary/aromatic N) is 2. The summed E-state index contributed by atoms with van der Waals surface area (Å²) in [5.74, 6) is 0.720. The summed E-state index contributed by atoms with van der Waals surface area (Å²) in [5.41, 5.74) is 0. The Morgan fingerprint density at radius 3 is 1.91 bits per heavy atom. The van der Waals surface area contributed by atoms with E-state index in [4.69, 9.17) is 4.74 Å².